The van der Waals surface area contributed by atoms with Gasteiger partial charge in [0, 0.05) is 15.2 Å². The minimum atomic E-state index is -3.93. The summed E-state index contributed by atoms with van der Waals surface area (Å²) in [5, 5.41) is 0.702. The van der Waals surface area contributed by atoms with Crippen LogP contribution in [0.5, 0.6) is 0 Å². The molecule has 1 heterocycles. The van der Waals surface area contributed by atoms with E-state index in [9.17, 15) is 12.8 Å². The number of fused-ring (bicyclic) bond motifs is 1. The molecule has 0 aliphatic carbocycles. The van der Waals surface area contributed by atoms with Crippen molar-refractivity contribution in [2.75, 3.05) is 4.72 Å². The van der Waals surface area contributed by atoms with E-state index < -0.39 is 15.8 Å². The number of halogens is 2. The lowest BCUT2D eigenvalue weighted by atomic mass is 10.2. The van der Waals surface area contributed by atoms with Crippen LogP contribution >= 0.6 is 22.6 Å². The zero-order valence-corrected chi connectivity index (χ0v) is 14.1. The molecule has 1 N–H and O–H groups in total. The van der Waals surface area contributed by atoms with Crippen molar-refractivity contribution in [1.82, 2.24) is 4.98 Å². The Balaban J connectivity index is 2.09. The third kappa shape index (κ3) is 2.91. The molecular formula is C15H10FIN2O2S. The Kier molecular flexibility index (Phi) is 4.00. The largest absolute Gasteiger partial charge is 0.277 e. The normalized spacial score (nSPS) is 11.5. The summed E-state index contributed by atoms with van der Waals surface area (Å²) in [5.74, 6) is -0.622. The van der Waals surface area contributed by atoms with Crippen molar-refractivity contribution in [3.63, 3.8) is 0 Å². The lowest BCUT2D eigenvalue weighted by molar-refractivity contribution is 0.599. The van der Waals surface area contributed by atoms with Crippen molar-refractivity contribution < 1.29 is 12.8 Å². The molecule has 0 saturated heterocycles. The number of para-hydroxylation sites is 1. The van der Waals surface area contributed by atoms with Crippen LogP contribution in [0.4, 0.5) is 10.1 Å². The van der Waals surface area contributed by atoms with E-state index in [2.05, 4.69) is 9.71 Å². The van der Waals surface area contributed by atoms with E-state index >= 15 is 0 Å². The van der Waals surface area contributed by atoms with Crippen molar-refractivity contribution in [3.05, 3.63) is 64.1 Å². The second kappa shape index (κ2) is 5.81. The lowest BCUT2D eigenvalue weighted by Crippen LogP contribution is -2.14. The average Bonchev–Trinajstić information content (AvgIpc) is 2.49. The molecule has 7 heteroatoms. The molecule has 4 nitrogen and oxygen atoms in total. The topological polar surface area (TPSA) is 59.1 Å². The van der Waals surface area contributed by atoms with Gasteiger partial charge in [0.25, 0.3) is 10.0 Å². The first kappa shape index (κ1) is 15.2. The maximum atomic E-state index is 13.9. The Morgan fingerprint density at radius 3 is 2.64 bits per heavy atom. The van der Waals surface area contributed by atoms with Crippen molar-refractivity contribution in [2.24, 2.45) is 0 Å². The van der Waals surface area contributed by atoms with Crippen molar-refractivity contribution in [2.45, 2.75) is 4.90 Å². The highest BCUT2D eigenvalue weighted by Gasteiger charge is 2.19. The number of aromatic nitrogens is 1. The highest BCUT2D eigenvalue weighted by Crippen LogP contribution is 2.25. The second-order valence-corrected chi connectivity index (χ2v) is 7.46. The molecule has 0 radical (unpaired) electrons. The van der Waals surface area contributed by atoms with Gasteiger partial charge in [0.1, 0.15) is 10.7 Å². The molecule has 0 aliphatic rings. The molecule has 1 aromatic heterocycles. The van der Waals surface area contributed by atoms with Gasteiger partial charge in [-0.05, 0) is 52.9 Å². The molecule has 22 heavy (non-hydrogen) atoms. The highest BCUT2D eigenvalue weighted by molar-refractivity contribution is 14.1. The first-order chi connectivity index (χ1) is 10.5. The summed E-state index contributed by atoms with van der Waals surface area (Å²) in [5.41, 5.74) is 0.261. The monoisotopic (exact) mass is 428 g/mol. The molecule has 0 unspecified atom stereocenters. The van der Waals surface area contributed by atoms with Crippen molar-refractivity contribution >= 4 is 49.2 Å². The number of pyridine rings is 1. The van der Waals surface area contributed by atoms with Crippen LogP contribution in [0.2, 0.25) is 0 Å². The van der Waals surface area contributed by atoms with E-state index in [0.717, 1.165) is 0 Å². The highest BCUT2D eigenvalue weighted by atomic mass is 127. The summed E-state index contributed by atoms with van der Waals surface area (Å²) in [4.78, 5) is 4.13. The van der Waals surface area contributed by atoms with Crippen LogP contribution in [0.15, 0.2) is 59.6 Å². The van der Waals surface area contributed by atoms with Crippen LogP contribution in [0.3, 0.4) is 0 Å². The molecule has 3 aromatic rings. The molecular weight excluding hydrogens is 418 g/mol. The Bertz CT molecular complexity index is 955. The fourth-order valence-corrected chi connectivity index (χ4v) is 3.77. The Morgan fingerprint density at radius 2 is 1.86 bits per heavy atom. The standard InChI is InChI=1S/C15H10FIN2O2S/c16-12-9-11(17)6-7-13(12)19-22(20,21)14-5-1-3-10-4-2-8-18-15(10)14/h1-9,19H. The van der Waals surface area contributed by atoms with Crippen LogP contribution < -0.4 is 4.72 Å². The van der Waals surface area contributed by atoms with Crippen LogP contribution in [0.1, 0.15) is 0 Å². The summed E-state index contributed by atoms with van der Waals surface area (Å²) < 4.78 is 41.9. The molecule has 0 aliphatic heterocycles. The van der Waals surface area contributed by atoms with Gasteiger partial charge in [-0.25, -0.2) is 12.8 Å². The number of nitrogens with one attached hydrogen (secondary N) is 1. The predicted molar refractivity (Wildman–Crippen MR) is 91.7 cm³/mol. The van der Waals surface area contributed by atoms with E-state index in [1.165, 1.54) is 24.4 Å². The van der Waals surface area contributed by atoms with Gasteiger partial charge in [-0.2, -0.15) is 0 Å². The van der Waals surface area contributed by atoms with Crippen LogP contribution in [0.25, 0.3) is 10.9 Å². The minimum Gasteiger partial charge on any atom is -0.277 e. The van der Waals surface area contributed by atoms with Gasteiger partial charge in [-0.1, -0.05) is 18.2 Å². The van der Waals surface area contributed by atoms with Crippen molar-refractivity contribution in [1.29, 1.82) is 0 Å². The third-order valence-electron chi connectivity index (χ3n) is 3.06. The van der Waals surface area contributed by atoms with E-state index in [0.29, 0.717) is 14.5 Å². The number of hydrogen-bond donors (Lipinski definition) is 1. The van der Waals surface area contributed by atoms with E-state index in [1.54, 1.807) is 30.3 Å². The third-order valence-corrected chi connectivity index (χ3v) is 5.13. The molecule has 0 fully saturated rings. The molecule has 0 spiro atoms. The number of sulfonamides is 1. The number of rotatable bonds is 3. The first-order valence-corrected chi connectivity index (χ1v) is 8.85. The number of anilines is 1. The lowest BCUT2D eigenvalue weighted by Gasteiger charge is -2.10. The van der Waals surface area contributed by atoms with Gasteiger partial charge in [0.15, 0.2) is 0 Å². The van der Waals surface area contributed by atoms with Gasteiger partial charge in [0.05, 0.1) is 11.2 Å². The Morgan fingerprint density at radius 1 is 1.09 bits per heavy atom. The smallest absolute Gasteiger partial charge is 0.264 e. The molecule has 0 bridgehead atoms. The zero-order chi connectivity index (χ0) is 15.7. The van der Waals surface area contributed by atoms with Gasteiger partial charge in [-0.15, -0.1) is 0 Å². The average molecular weight is 428 g/mol. The molecule has 0 saturated carbocycles. The molecule has 3 rings (SSSR count). The van der Waals surface area contributed by atoms with Gasteiger partial charge >= 0.3 is 0 Å². The fraction of sp³-hybridized carbons (Fsp3) is 0. The fourth-order valence-electron chi connectivity index (χ4n) is 2.07. The first-order valence-electron chi connectivity index (χ1n) is 6.29. The van der Waals surface area contributed by atoms with Crippen LogP contribution in [0, 0.1) is 9.39 Å². The molecule has 112 valence electrons. The van der Waals surface area contributed by atoms with Gasteiger partial charge in [-0.3, -0.25) is 9.71 Å². The van der Waals surface area contributed by atoms with Crippen molar-refractivity contribution in [3.8, 4) is 0 Å². The Hall–Kier alpha value is -1.74. The van der Waals surface area contributed by atoms with Gasteiger partial charge < -0.3 is 0 Å². The summed E-state index contributed by atoms with van der Waals surface area (Å²) in [6, 6.07) is 12.6. The quantitative estimate of drug-likeness (QED) is 0.647. The summed E-state index contributed by atoms with van der Waals surface area (Å²) in [6.45, 7) is 0. The van der Waals surface area contributed by atoms with E-state index in [-0.39, 0.29) is 10.6 Å². The zero-order valence-electron chi connectivity index (χ0n) is 11.1. The molecule has 0 amide bonds. The molecule has 2 aromatic carbocycles. The van der Waals surface area contributed by atoms with Crippen LogP contribution in [-0.4, -0.2) is 13.4 Å². The SMILES string of the molecule is O=S(=O)(Nc1ccc(I)cc1F)c1cccc2cccnc12. The maximum absolute atomic E-state index is 13.9. The number of hydrogen-bond acceptors (Lipinski definition) is 3. The molecule has 0 atom stereocenters. The predicted octanol–water partition coefficient (Wildman–Crippen LogP) is 3.78. The summed E-state index contributed by atoms with van der Waals surface area (Å²) in [6.07, 6.45) is 1.52. The van der Waals surface area contributed by atoms with E-state index in [4.69, 9.17) is 0 Å². The maximum Gasteiger partial charge on any atom is 0.264 e. The number of benzene rings is 2. The number of nitrogens with zero attached hydrogens (tertiary/aromatic N) is 1. The van der Waals surface area contributed by atoms with Gasteiger partial charge in [0.2, 0.25) is 0 Å². The minimum absolute atomic E-state index is 0.0172. The second-order valence-electron chi connectivity index (χ2n) is 4.56. The summed E-state index contributed by atoms with van der Waals surface area (Å²) in [7, 11) is -3.93. The Labute approximate surface area is 140 Å². The summed E-state index contributed by atoms with van der Waals surface area (Å²) >= 11 is 1.96. The van der Waals surface area contributed by atoms with Crippen LogP contribution in [-0.2, 0) is 10.0 Å². The van der Waals surface area contributed by atoms with E-state index in [1.807, 2.05) is 22.6 Å².